The number of ether oxygens (including phenoxy) is 2. The molecule has 2 rings (SSSR count). The minimum atomic E-state index is -0.923. The van der Waals surface area contributed by atoms with Crippen molar-refractivity contribution in [2.24, 2.45) is 0 Å². The van der Waals surface area contributed by atoms with Gasteiger partial charge >= 0.3 is 5.97 Å². The van der Waals surface area contributed by atoms with E-state index in [0.717, 1.165) is 0 Å². The zero-order valence-electron chi connectivity index (χ0n) is 15.6. The first kappa shape index (κ1) is 20.3. The second-order valence-electron chi connectivity index (χ2n) is 5.99. The van der Waals surface area contributed by atoms with Crippen molar-refractivity contribution in [1.82, 2.24) is 5.32 Å². The van der Waals surface area contributed by atoms with Gasteiger partial charge in [-0.15, -0.1) is 0 Å². The molecule has 0 fully saturated rings. The van der Waals surface area contributed by atoms with Crippen molar-refractivity contribution in [3.05, 3.63) is 53.1 Å². The molecule has 7 nitrogen and oxygen atoms in total. The first-order chi connectivity index (χ1) is 12.9. The number of hydrogen-bond donors (Lipinski definition) is 3. The second-order valence-corrected chi connectivity index (χ2v) is 5.99. The summed E-state index contributed by atoms with van der Waals surface area (Å²) < 4.78 is 10.4. The summed E-state index contributed by atoms with van der Waals surface area (Å²) in [6.07, 6.45) is 0.444. The molecular formula is C20H24N2O5. The summed E-state index contributed by atoms with van der Waals surface area (Å²) in [7, 11) is 3.03. The highest BCUT2D eigenvalue weighted by molar-refractivity contribution is 6.09. The highest BCUT2D eigenvalue weighted by atomic mass is 16.5. The third kappa shape index (κ3) is 4.77. The average molecular weight is 372 g/mol. The standard InChI is InChI=1S/C20H24N2O5/c1-4-16(20(24)25)22-11-14-9-12(5-7-15(14)21)19(23)13-6-8-17(26-2)18(10-13)27-3/h5-10,16,22H,4,11,21H2,1-3H3,(H,24,25). The van der Waals surface area contributed by atoms with Gasteiger partial charge in [0.25, 0.3) is 0 Å². The summed E-state index contributed by atoms with van der Waals surface area (Å²) in [4.78, 5) is 24.0. The van der Waals surface area contributed by atoms with Gasteiger partial charge < -0.3 is 25.6 Å². The van der Waals surface area contributed by atoms with Crippen LogP contribution in [-0.2, 0) is 11.3 Å². The molecule has 0 spiro atoms. The van der Waals surface area contributed by atoms with Crippen LogP contribution >= 0.6 is 0 Å². The van der Waals surface area contributed by atoms with E-state index in [2.05, 4.69) is 5.32 Å². The number of carbonyl (C=O) groups is 2. The molecule has 1 unspecified atom stereocenters. The van der Waals surface area contributed by atoms with Crippen molar-refractivity contribution in [1.29, 1.82) is 0 Å². The Hall–Kier alpha value is -3.06. The van der Waals surface area contributed by atoms with E-state index in [0.29, 0.717) is 40.3 Å². The van der Waals surface area contributed by atoms with Crippen LogP contribution in [0.1, 0.15) is 34.8 Å². The van der Waals surface area contributed by atoms with Gasteiger partial charge in [0.1, 0.15) is 6.04 Å². The Bertz CT molecular complexity index is 835. The first-order valence-electron chi connectivity index (χ1n) is 8.52. The first-order valence-corrected chi connectivity index (χ1v) is 8.52. The summed E-state index contributed by atoms with van der Waals surface area (Å²) in [5.74, 6) is -0.112. The maximum atomic E-state index is 12.8. The monoisotopic (exact) mass is 372 g/mol. The number of hydrogen-bond acceptors (Lipinski definition) is 6. The van der Waals surface area contributed by atoms with Gasteiger partial charge in [0, 0.05) is 23.4 Å². The largest absolute Gasteiger partial charge is 0.493 e. The van der Waals surface area contributed by atoms with Crippen molar-refractivity contribution in [2.75, 3.05) is 20.0 Å². The van der Waals surface area contributed by atoms with Crippen molar-refractivity contribution >= 4 is 17.4 Å². The molecule has 144 valence electrons. The molecule has 7 heteroatoms. The van der Waals surface area contributed by atoms with Crippen molar-refractivity contribution in [3.8, 4) is 11.5 Å². The molecule has 2 aromatic carbocycles. The number of nitrogen functional groups attached to an aromatic ring is 1. The van der Waals surface area contributed by atoms with Crippen molar-refractivity contribution < 1.29 is 24.2 Å². The molecule has 0 amide bonds. The molecule has 4 N–H and O–H groups in total. The van der Waals surface area contributed by atoms with Crippen LogP contribution in [0.4, 0.5) is 5.69 Å². The number of anilines is 1. The molecule has 0 heterocycles. The zero-order chi connectivity index (χ0) is 20.0. The number of carboxylic acids is 1. The molecule has 0 aromatic heterocycles. The van der Waals surface area contributed by atoms with Gasteiger partial charge in [-0.1, -0.05) is 6.92 Å². The fourth-order valence-electron chi connectivity index (χ4n) is 2.68. The molecule has 0 saturated carbocycles. The highest BCUT2D eigenvalue weighted by Gasteiger charge is 2.17. The maximum absolute atomic E-state index is 12.8. The van der Waals surface area contributed by atoms with Crippen LogP contribution in [0.25, 0.3) is 0 Å². The third-order valence-corrected chi connectivity index (χ3v) is 4.30. The Morgan fingerprint density at radius 3 is 2.30 bits per heavy atom. The number of benzene rings is 2. The number of nitrogens with two attached hydrogens (primary N) is 1. The Labute approximate surface area is 158 Å². The Kier molecular flexibility index (Phi) is 6.79. The summed E-state index contributed by atoms with van der Waals surface area (Å²) in [6, 6.07) is 9.25. The van der Waals surface area contributed by atoms with E-state index < -0.39 is 12.0 Å². The molecule has 0 radical (unpaired) electrons. The normalized spacial score (nSPS) is 11.7. The van der Waals surface area contributed by atoms with Gasteiger partial charge in [-0.05, 0) is 48.4 Å². The molecule has 2 aromatic rings. The summed E-state index contributed by atoms with van der Waals surface area (Å²) in [5, 5.41) is 12.1. The lowest BCUT2D eigenvalue weighted by Crippen LogP contribution is -2.35. The van der Waals surface area contributed by atoms with E-state index in [4.69, 9.17) is 20.3 Å². The minimum Gasteiger partial charge on any atom is -0.493 e. The molecule has 0 saturated heterocycles. The minimum absolute atomic E-state index is 0.192. The van der Waals surface area contributed by atoms with Crippen molar-refractivity contribution in [3.63, 3.8) is 0 Å². The predicted molar refractivity (Wildman–Crippen MR) is 102 cm³/mol. The number of aliphatic carboxylic acids is 1. The van der Waals surface area contributed by atoms with E-state index in [1.54, 1.807) is 43.3 Å². The van der Waals surface area contributed by atoms with Gasteiger partial charge in [-0.3, -0.25) is 9.59 Å². The van der Waals surface area contributed by atoms with Crippen LogP contribution < -0.4 is 20.5 Å². The third-order valence-electron chi connectivity index (χ3n) is 4.30. The summed E-state index contributed by atoms with van der Waals surface area (Å²) >= 11 is 0. The fourth-order valence-corrected chi connectivity index (χ4v) is 2.68. The quantitative estimate of drug-likeness (QED) is 0.458. The lowest BCUT2D eigenvalue weighted by molar-refractivity contribution is -0.139. The lowest BCUT2D eigenvalue weighted by atomic mass is 9.99. The lowest BCUT2D eigenvalue weighted by Gasteiger charge is -2.14. The van der Waals surface area contributed by atoms with Crippen LogP contribution in [0.3, 0.4) is 0 Å². The maximum Gasteiger partial charge on any atom is 0.320 e. The van der Waals surface area contributed by atoms with Crippen molar-refractivity contribution in [2.45, 2.75) is 25.9 Å². The molecule has 0 aliphatic heterocycles. The van der Waals surface area contributed by atoms with E-state index in [9.17, 15) is 9.59 Å². The number of ketones is 1. The van der Waals surface area contributed by atoms with Gasteiger partial charge in [0.05, 0.1) is 14.2 Å². The highest BCUT2D eigenvalue weighted by Crippen LogP contribution is 2.29. The number of rotatable bonds is 9. The van der Waals surface area contributed by atoms with Crippen LogP contribution in [-0.4, -0.2) is 37.1 Å². The summed E-state index contributed by atoms with van der Waals surface area (Å²) in [5.41, 5.74) is 8.05. The van der Waals surface area contributed by atoms with E-state index in [1.807, 2.05) is 0 Å². The molecule has 0 aliphatic carbocycles. The van der Waals surface area contributed by atoms with Crippen LogP contribution in [0.5, 0.6) is 11.5 Å². The Morgan fingerprint density at radius 2 is 1.70 bits per heavy atom. The van der Waals surface area contributed by atoms with Crippen LogP contribution in [0, 0.1) is 0 Å². The molecule has 0 bridgehead atoms. The van der Waals surface area contributed by atoms with Gasteiger partial charge in [-0.2, -0.15) is 0 Å². The SMILES string of the molecule is CCC(NCc1cc(C(=O)c2ccc(OC)c(OC)c2)ccc1N)C(=O)O. The fraction of sp³-hybridized carbons (Fsp3) is 0.300. The van der Waals surface area contributed by atoms with Gasteiger partial charge in [0.2, 0.25) is 0 Å². The number of methoxy groups -OCH3 is 2. The number of nitrogens with one attached hydrogen (secondary N) is 1. The second kappa shape index (κ2) is 9.05. The smallest absolute Gasteiger partial charge is 0.320 e. The Morgan fingerprint density at radius 1 is 1.07 bits per heavy atom. The van der Waals surface area contributed by atoms with Gasteiger partial charge in [0.15, 0.2) is 17.3 Å². The van der Waals surface area contributed by atoms with Gasteiger partial charge in [-0.25, -0.2) is 0 Å². The molecule has 27 heavy (non-hydrogen) atoms. The number of carbonyl (C=O) groups excluding carboxylic acids is 1. The van der Waals surface area contributed by atoms with E-state index >= 15 is 0 Å². The van der Waals surface area contributed by atoms with E-state index in [1.165, 1.54) is 14.2 Å². The molecule has 0 aliphatic rings. The van der Waals surface area contributed by atoms with Crippen LogP contribution in [0.15, 0.2) is 36.4 Å². The topological polar surface area (TPSA) is 111 Å². The van der Waals surface area contributed by atoms with E-state index in [-0.39, 0.29) is 12.3 Å². The molecule has 1 atom stereocenters. The zero-order valence-corrected chi connectivity index (χ0v) is 15.6. The average Bonchev–Trinajstić information content (AvgIpc) is 2.68. The summed E-state index contributed by atoms with van der Waals surface area (Å²) in [6.45, 7) is 2.04. The predicted octanol–water partition coefficient (Wildman–Crippen LogP) is 2.47. The van der Waals surface area contributed by atoms with Crippen LogP contribution in [0.2, 0.25) is 0 Å². The Balaban J connectivity index is 2.26. The molecular weight excluding hydrogens is 348 g/mol. The number of carboxylic acid groups (broad SMARTS) is 1.